The Morgan fingerprint density at radius 3 is 2.50 bits per heavy atom. The SMILES string of the molecule is [C-]1=CC=CCC1.[Ru+2].[c-]1cccc2c1Cc1ccccc1-2. The van der Waals surface area contributed by atoms with Crippen molar-refractivity contribution in [3.8, 4) is 11.1 Å². The molecule has 1 heteroatoms. The van der Waals surface area contributed by atoms with Crippen LogP contribution >= 0.6 is 0 Å². The average Bonchev–Trinajstić information content (AvgIpc) is 2.88. The maximum Gasteiger partial charge on any atom is 2.00 e. The molecular weight excluding hydrogens is 329 g/mol. The third-order valence-electron chi connectivity index (χ3n) is 3.42. The van der Waals surface area contributed by atoms with Gasteiger partial charge < -0.3 is 0 Å². The molecule has 0 fully saturated rings. The monoisotopic (exact) mass is 346 g/mol. The van der Waals surface area contributed by atoms with Gasteiger partial charge in [0.25, 0.3) is 0 Å². The molecule has 0 saturated carbocycles. The number of rotatable bonds is 0. The van der Waals surface area contributed by atoms with Gasteiger partial charge in [0, 0.05) is 0 Å². The van der Waals surface area contributed by atoms with E-state index in [-0.39, 0.29) is 19.5 Å². The topological polar surface area (TPSA) is 0 Å². The number of benzene rings is 2. The van der Waals surface area contributed by atoms with E-state index in [1.54, 1.807) is 0 Å². The Hall–Kier alpha value is -1.46. The molecule has 0 aromatic heterocycles. The molecule has 0 N–H and O–H groups in total. The van der Waals surface area contributed by atoms with Crippen LogP contribution in [0.15, 0.2) is 60.7 Å². The van der Waals surface area contributed by atoms with Crippen LogP contribution in [0.5, 0.6) is 0 Å². The van der Waals surface area contributed by atoms with Gasteiger partial charge in [0.15, 0.2) is 0 Å². The third-order valence-corrected chi connectivity index (χ3v) is 3.42. The first kappa shape index (κ1) is 14.9. The molecule has 100 valence electrons. The molecule has 0 radical (unpaired) electrons. The van der Waals surface area contributed by atoms with Crippen LogP contribution in [0.1, 0.15) is 24.0 Å². The van der Waals surface area contributed by atoms with Crippen LogP contribution in [-0.2, 0) is 25.9 Å². The summed E-state index contributed by atoms with van der Waals surface area (Å²) in [6.45, 7) is 0. The summed E-state index contributed by atoms with van der Waals surface area (Å²) in [5, 5.41) is 0. The number of hydrogen-bond acceptors (Lipinski definition) is 0. The summed E-state index contributed by atoms with van der Waals surface area (Å²) < 4.78 is 0. The van der Waals surface area contributed by atoms with Crippen molar-refractivity contribution in [1.29, 1.82) is 0 Å². The van der Waals surface area contributed by atoms with Crippen LogP contribution < -0.4 is 0 Å². The van der Waals surface area contributed by atoms with E-state index in [4.69, 9.17) is 0 Å². The molecule has 0 amide bonds. The van der Waals surface area contributed by atoms with Gasteiger partial charge in [0.1, 0.15) is 0 Å². The molecule has 2 aromatic rings. The zero-order valence-electron chi connectivity index (χ0n) is 11.2. The van der Waals surface area contributed by atoms with Crippen LogP contribution in [0.3, 0.4) is 0 Å². The summed E-state index contributed by atoms with van der Waals surface area (Å²) in [5.74, 6) is 0. The van der Waals surface area contributed by atoms with Crippen molar-refractivity contribution in [2.45, 2.75) is 19.3 Å². The van der Waals surface area contributed by atoms with Gasteiger partial charge in [-0.25, -0.2) is 12.2 Å². The van der Waals surface area contributed by atoms with Crippen molar-refractivity contribution >= 4 is 0 Å². The van der Waals surface area contributed by atoms with Gasteiger partial charge in [-0.05, 0) is 6.42 Å². The molecule has 0 nitrogen and oxygen atoms in total. The fraction of sp³-hybridized carbons (Fsp3) is 0.158. The fourth-order valence-electron chi connectivity index (χ4n) is 2.48. The molecule has 0 saturated heterocycles. The predicted molar refractivity (Wildman–Crippen MR) is 79.7 cm³/mol. The maximum atomic E-state index is 3.30. The molecule has 0 spiro atoms. The number of hydrogen-bond donors (Lipinski definition) is 0. The van der Waals surface area contributed by atoms with E-state index in [0.29, 0.717) is 0 Å². The summed E-state index contributed by atoms with van der Waals surface area (Å²) in [4.78, 5) is 0. The van der Waals surface area contributed by atoms with Gasteiger partial charge in [-0.15, -0.1) is 12.0 Å². The quantitative estimate of drug-likeness (QED) is 0.407. The molecular formula is C19H16Ru. The fourth-order valence-corrected chi connectivity index (χ4v) is 2.48. The first-order valence-electron chi connectivity index (χ1n) is 6.75. The van der Waals surface area contributed by atoms with Gasteiger partial charge in [-0.1, -0.05) is 41.8 Å². The van der Waals surface area contributed by atoms with E-state index in [0.717, 1.165) is 12.8 Å². The Kier molecular flexibility index (Phi) is 5.50. The summed E-state index contributed by atoms with van der Waals surface area (Å²) in [5.41, 5.74) is 5.51. The normalized spacial score (nSPS) is 13.6. The van der Waals surface area contributed by atoms with E-state index in [1.165, 1.54) is 28.7 Å². The number of fused-ring (bicyclic) bond motifs is 3. The summed E-state index contributed by atoms with van der Waals surface area (Å²) >= 11 is 0. The van der Waals surface area contributed by atoms with Crippen LogP contribution in [0.4, 0.5) is 0 Å². The van der Waals surface area contributed by atoms with Crippen molar-refractivity contribution in [1.82, 2.24) is 0 Å². The van der Waals surface area contributed by atoms with Gasteiger partial charge >= 0.3 is 19.5 Å². The van der Waals surface area contributed by atoms with E-state index in [2.05, 4.69) is 54.6 Å². The largest absolute Gasteiger partial charge is 2.00 e. The minimum atomic E-state index is 0. The molecule has 0 unspecified atom stereocenters. The van der Waals surface area contributed by atoms with E-state index in [9.17, 15) is 0 Å². The smallest absolute Gasteiger partial charge is 0.275 e. The van der Waals surface area contributed by atoms with Gasteiger partial charge in [-0.3, -0.25) is 6.08 Å². The molecule has 2 aromatic carbocycles. The first-order valence-corrected chi connectivity index (χ1v) is 6.75. The Morgan fingerprint density at radius 2 is 1.80 bits per heavy atom. The third kappa shape index (κ3) is 3.35. The Morgan fingerprint density at radius 1 is 0.950 bits per heavy atom. The van der Waals surface area contributed by atoms with Gasteiger partial charge in [0.2, 0.25) is 0 Å². The Labute approximate surface area is 134 Å². The van der Waals surface area contributed by atoms with Crippen LogP contribution in [0.25, 0.3) is 11.1 Å². The molecule has 0 aliphatic heterocycles. The molecule has 0 heterocycles. The second-order valence-electron chi connectivity index (χ2n) is 4.73. The summed E-state index contributed by atoms with van der Waals surface area (Å²) in [7, 11) is 0. The zero-order chi connectivity index (χ0) is 12.9. The Bertz CT molecular complexity index is 568. The second-order valence-corrected chi connectivity index (χ2v) is 4.73. The summed E-state index contributed by atoms with van der Waals surface area (Å²) in [6.07, 6.45) is 12.5. The zero-order valence-corrected chi connectivity index (χ0v) is 13.0. The number of allylic oxidation sites excluding steroid dienone is 4. The van der Waals surface area contributed by atoms with Gasteiger partial charge in [0.05, 0.1) is 0 Å². The van der Waals surface area contributed by atoms with E-state index < -0.39 is 0 Å². The first-order chi connectivity index (χ1) is 9.45. The van der Waals surface area contributed by atoms with Crippen LogP contribution in [0.2, 0.25) is 0 Å². The molecule has 2 aliphatic rings. The van der Waals surface area contributed by atoms with Crippen molar-refractivity contribution in [3.05, 3.63) is 84.0 Å². The minimum Gasteiger partial charge on any atom is -0.275 e. The molecule has 0 bridgehead atoms. The van der Waals surface area contributed by atoms with Crippen LogP contribution in [-0.4, -0.2) is 0 Å². The van der Waals surface area contributed by atoms with Crippen molar-refractivity contribution in [2.75, 3.05) is 0 Å². The Balaban J connectivity index is 0.000000180. The molecule has 0 atom stereocenters. The molecule has 4 rings (SSSR count). The predicted octanol–water partition coefficient (Wildman–Crippen LogP) is 4.75. The molecule has 2 aliphatic carbocycles. The molecule has 20 heavy (non-hydrogen) atoms. The second kappa shape index (κ2) is 7.36. The van der Waals surface area contributed by atoms with Crippen LogP contribution in [0, 0.1) is 12.1 Å². The summed E-state index contributed by atoms with van der Waals surface area (Å²) in [6, 6.07) is 18.1. The maximum absolute atomic E-state index is 3.30. The minimum absolute atomic E-state index is 0. The standard InChI is InChI=1S/C13H9.C6H7.Ru/c1-3-7-12-10(5-1)9-11-6-2-4-8-13(11)12;1-2-4-6-5-3-1;/h1-5,7-8H,9H2;1-3H,4,6H2;/q2*-1;+2. The average molecular weight is 345 g/mol. The van der Waals surface area contributed by atoms with E-state index in [1.807, 2.05) is 18.2 Å². The van der Waals surface area contributed by atoms with Crippen molar-refractivity contribution < 1.29 is 19.5 Å². The van der Waals surface area contributed by atoms with Crippen molar-refractivity contribution in [2.24, 2.45) is 0 Å². The van der Waals surface area contributed by atoms with Gasteiger partial charge in [-0.2, -0.15) is 35.9 Å². The van der Waals surface area contributed by atoms with Crippen molar-refractivity contribution in [3.63, 3.8) is 0 Å². The van der Waals surface area contributed by atoms with E-state index >= 15 is 0 Å².